The number of fused-ring (bicyclic) bond motifs is 1. The molecule has 0 spiro atoms. The van der Waals surface area contributed by atoms with Gasteiger partial charge in [-0.2, -0.15) is 0 Å². The van der Waals surface area contributed by atoms with Crippen LogP contribution in [0.1, 0.15) is 24.3 Å². The number of hydrogen-bond donors (Lipinski definition) is 1. The second-order valence-corrected chi connectivity index (χ2v) is 5.75. The van der Waals surface area contributed by atoms with Crippen LogP contribution in [0, 0.1) is 0 Å². The first-order valence-electron chi connectivity index (χ1n) is 6.15. The Labute approximate surface area is 106 Å². The van der Waals surface area contributed by atoms with Gasteiger partial charge in [0.25, 0.3) is 0 Å². The van der Waals surface area contributed by atoms with Crippen LogP contribution in [0.4, 0.5) is 0 Å². The fraction of sp³-hybridized carbons (Fsp3) is 0.429. The number of rotatable bonds is 3. The van der Waals surface area contributed by atoms with Crippen molar-refractivity contribution < 1.29 is 4.74 Å². The van der Waals surface area contributed by atoms with E-state index in [0.717, 1.165) is 19.6 Å². The first kappa shape index (κ1) is 11.2. The predicted octanol–water partition coefficient (Wildman–Crippen LogP) is 3.34. The average Bonchev–Trinajstić information content (AvgIpc) is 2.96. The van der Waals surface area contributed by atoms with Crippen molar-refractivity contribution >= 4 is 21.4 Å². The van der Waals surface area contributed by atoms with Gasteiger partial charge in [-0.15, -0.1) is 11.3 Å². The van der Waals surface area contributed by atoms with E-state index in [9.17, 15) is 0 Å². The summed E-state index contributed by atoms with van der Waals surface area (Å²) < 4.78 is 6.77. The lowest BCUT2D eigenvalue weighted by Crippen LogP contribution is -2.31. The second kappa shape index (κ2) is 4.77. The average molecular weight is 247 g/mol. The fourth-order valence-corrected chi connectivity index (χ4v) is 3.39. The normalized spacial score (nSPS) is 22.1. The van der Waals surface area contributed by atoms with Crippen LogP contribution in [0.3, 0.4) is 0 Å². The van der Waals surface area contributed by atoms with Gasteiger partial charge >= 0.3 is 0 Å². The van der Waals surface area contributed by atoms with Crippen molar-refractivity contribution in [1.29, 1.82) is 0 Å². The Hall–Kier alpha value is -0.900. The van der Waals surface area contributed by atoms with E-state index >= 15 is 0 Å². The van der Waals surface area contributed by atoms with Crippen LogP contribution in [0.2, 0.25) is 0 Å². The maximum absolute atomic E-state index is 5.39. The topological polar surface area (TPSA) is 21.3 Å². The number of benzene rings is 1. The summed E-state index contributed by atoms with van der Waals surface area (Å²) in [6.45, 7) is 4.00. The van der Waals surface area contributed by atoms with Gasteiger partial charge in [0.2, 0.25) is 0 Å². The monoisotopic (exact) mass is 247 g/mol. The first-order chi connectivity index (χ1) is 8.33. The summed E-state index contributed by atoms with van der Waals surface area (Å²) in [5.74, 6) is 0. The summed E-state index contributed by atoms with van der Waals surface area (Å²) in [6.07, 6.45) is 1.13. The maximum atomic E-state index is 5.39. The van der Waals surface area contributed by atoms with Gasteiger partial charge in [-0.25, -0.2) is 0 Å². The smallest absolute Gasteiger partial charge is 0.0620 e. The zero-order valence-electron chi connectivity index (χ0n) is 9.98. The molecule has 2 aromatic rings. The van der Waals surface area contributed by atoms with Crippen LogP contribution in [-0.2, 0) is 4.74 Å². The van der Waals surface area contributed by atoms with Gasteiger partial charge in [-0.3, -0.25) is 0 Å². The fourth-order valence-electron chi connectivity index (χ4n) is 2.32. The van der Waals surface area contributed by atoms with Crippen LogP contribution in [-0.4, -0.2) is 19.3 Å². The highest BCUT2D eigenvalue weighted by atomic mass is 32.1. The standard InChI is InChI=1S/C14H17NOS/c1-10(15-12-6-7-16-9-12)14-8-11-4-2-3-5-13(11)17-14/h2-5,8,10,12,15H,6-7,9H2,1H3. The SMILES string of the molecule is CC(NC1CCOC1)c1cc2ccccc2s1. The highest BCUT2D eigenvalue weighted by Gasteiger charge is 2.19. The summed E-state index contributed by atoms with van der Waals surface area (Å²) in [5.41, 5.74) is 0. The van der Waals surface area contributed by atoms with Gasteiger partial charge in [-0.1, -0.05) is 18.2 Å². The molecule has 1 fully saturated rings. The van der Waals surface area contributed by atoms with Crippen LogP contribution >= 0.6 is 11.3 Å². The summed E-state index contributed by atoms with van der Waals surface area (Å²) in [6, 6.07) is 11.8. The lowest BCUT2D eigenvalue weighted by Gasteiger charge is -2.16. The van der Waals surface area contributed by atoms with Crippen LogP contribution < -0.4 is 5.32 Å². The van der Waals surface area contributed by atoms with Gasteiger partial charge < -0.3 is 10.1 Å². The van der Waals surface area contributed by atoms with E-state index in [1.165, 1.54) is 15.0 Å². The van der Waals surface area contributed by atoms with Gasteiger partial charge in [0.15, 0.2) is 0 Å². The van der Waals surface area contributed by atoms with Crippen LogP contribution in [0.25, 0.3) is 10.1 Å². The molecule has 0 radical (unpaired) electrons. The van der Waals surface area contributed by atoms with Crippen molar-refractivity contribution in [2.75, 3.05) is 13.2 Å². The molecular formula is C14H17NOS. The number of nitrogens with one attached hydrogen (secondary N) is 1. The molecule has 1 N–H and O–H groups in total. The molecule has 2 nitrogen and oxygen atoms in total. The van der Waals surface area contributed by atoms with E-state index < -0.39 is 0 Å². The summed E-state index contributed by atoms with van der Waals surface area (Å²) in [5, 5.41) is 4.99. The minimum absolute atomic E-state index is 0.416. The molecule has 1 aliphatic rings. The van der Waals surface area contributed by atoms with E-state index in [4.69, 9.17) is 4.74 Å². The molecule has 17 heavy (non-hydrogen) atoms. The zero-order chi connectivity index (χ0) is 11.7. The van der Waals surface area contributed by atoms with Gasteiger partial charge in [0.1, 0.15) is 0 Å². The molecule has 3 heteroatoms. The Morgan fingerprint density at radius 1 is 1.41 bits per heavy atom. The quantitative estimate of drug-likeness (QED) is 0.898. The Kier molecular flexibility index (Phi) is 3.14. The van der Waals surface area contributed by atoms with Crippen molar-refractivity contribution in [2.24, 2.45) is 0 Å². The number of hydrogen-bond acceptors (Lipinski definition) is 3. The highest BCUT2D eigenvalue weighted by molar-refractivity contribution is 7.19. The molecule has 2 heterocycles. The van der Waals surface area contributed by atoms with Crippen molar-refractivity contribution in [3.05, 3.63) is 35.2 Å². The van der Waals surface area contributed by atoms with Gasteiger partial charge in [0, 0.05) is 28.3 Å². The van der Waals surface area contributed by atoms with Gasteiger partial charge in [0.05, 0.1) is 6.61 Å². The minimum Gasteiger partial charge on any atom is -0.380 e. The van der Waals surface area contributed by atoms with E-state index in [2.05, 4.69) is 42.6 Å². The molecule has 1 aromatic carbocycles. The Bertz CT molecular complexity index is 469. The summed E-state index contributed by atoms with van der Waals surface area (Å²) in [4.78, 5) is 1.41. The molecule has 0 saturated carbocycles. The minimum atomic E-state index is 0.416. The lowest BCUT2D eigenvalue weighted by atomic mass is 10.2. The zero-order valence-corrected chi connectivity index (χ0v) is 10.8. The largest absolute Gasteiger partial charge is 0.380 e. The van der Waals surface area contributed by atoms with Crippen molar-refractivity contribution in [2.45, 2.75) is 25.4 Å². The molecule has 1 aromatic heterocycles. The molecule has 2 unspecified atom stereocenters. The van der Waals surface area contributed by atoms with Crippen molar-refractivity contribution in [3.63, 3.8) is 0 Å². The third kappa shape index (κ3) is 2.37. The molecule has 0 amide bonds. The first-order valence-corrected chi connectivity index (χ1v) is 6.97. The van der Waals surface area contributed by atoms with E-state index in [0.29, 0.717) is 12.1 Å². The second-order valence-electron chi connectivity index (χ2n) is 4.64. The van der Waals surface area contributed by atoms with E-state index in [1.54, 1.807) is 0 Å². The highest BCUT2D eigenvalue weighted by Crippen LogP contribution is 2.30. The molecule has 3 rings (SSSR count). The third-order valence-corrected chi connectivity index (χ3v) is 4.59. The summed E-state index contributed by atoms with van der Waals surface area (Å²) in [7, 11) is 0. The Balaban J connectivity index is 1.77. The maximum Gasteiger partial charge on any atom is 0.0620 e. The molecule has 2 atom stereocenters. The third-order valence-electron chi connectivity index (χ3n) is 3.29. The van der Waals surface area contributed by atoms with Crippen LogP contribution in [0.15, 0.2) is 30.3 Å². The van der Waals surface area contributed by atoms with Crippen molar-refractivity contribution in [1.82, 2.24) is 5.32 Å². The lowest BCUT2D eigenvalue weighted by molar-refractivity contribution is 0.188. The summed E-state index contributed by atoms with van der Waals surface area (Å²) >= 11 is 1.89. The molecule has 1 saturated heterocycles. The van der Waals surface area contributed by atoms with Crippen LogP contribution in [0.5, 0.6) is 0 Å². The Morgan fingerprint density at radius 3 is 3.06 bits per heavy atom. The molecule has 0 aliphatic carbocycles. The molecule has 1 aliphatic heterocycles. The Morgan fingerprint density at radius 2 is 2.29 bits per heavy atom. The molecular weight excluding hydrogens is 230 g/mol. The van der Waals surface area contributed by atoms with Crippen molar-refractivity contribution in [3.8, 4) is 0 Å². The molecule has 90 valence electrons. The van der Waals surface area contributed by atoms with Gasteiger partial charge in [-0.05, 0) is 30.9 Å². The number of thiophene rings is 1. The van der Waals surface area contributed by atoms with E-state index in [-0.39, 0.29) is 0 Å². The van der Waals surface area contributed by atoms with E-state index in [1.807, 2.05) is 11.3 Å². The predicted molar refractivity (Wildman–Crippen MR) is 72.6 cm³/mol. The number of ether oxygens (including phenoxy) is 1. The molecule has 0 bridgehead atoms.